The number of amides is 1. The van der Waals surface area contributed by atoms with Crippen molar-refractivity contribution in [1.29, 1.82) is 0 Å². The van der Waals surface area contributed by atoms with Crippen LogP contribution in [0.4, 0.5) is 17.3 Å². The number of hydrogen-bond donors (Lipinski definition) is 2. The molecular weight excluding hydrogens is 344 g/mol. The largest absolute Gasteiger partial charge is 0.454 e. The van der Waals surface area contributed by atoms with Gasteiger partial charge in [-0.15, -0.1) is 10.2 Å². The fraction of sp³-hybridized carbons (Fsp3) is 0.150. The van der Waals surface area contributed by atoms with Crippen LogP contribution in [0.2, 0.25) is 0 Å². The zero-order chi connectivity index (χ0) is 18.5. The summed E-state index contributed by atoms with van der Waals surface area (Å²) in [6.07, 6.45) is 1.08. The van der Waals surface area contributed by atoms with Crippen LogP contribution in [-0.2, 0) is 11.2 Å². The van der Waals surface area contributed by atoms with E-state index in [0.717, 1.165) is 17.0 Å². The van der Waals surface area contributed by atoms with Gasteiger partial charge in [0.2, 0.25) is 12.7 Å². The average Bonchev–Trinajstić information content (AvgIpc) is 3.17. The van der Waals surface area contributed by atoms with Crippen LogP contribution in [-0.4, -0.2) is 22.9 Å². The Morgan fingerprint density at radius 1 is 0.926 bits per heavy atom. The van der Waals surface area contributed by atoms with Crippen LogP contribution in [0.15, 0.2) is 60.7 Å². The van der Waals surface area contributed by atoms with Crippen LogP contribution in [0.1, 0.15) is 12.0 Å². The predicted molar refractivity (Wildman–Crippen MR) is 101 cm³/mol. The van der Waals surface area contributed by atoms with Gasteiger partial charge in [0.05, 0.1) is 0 Å². The molecule has 1 aliphatic rings. The normalized spacial score (nSPS) is 11.9. The van der Waals surface area contributed by atoms with E-state index >= 15 is 0 Å². The smallest absolute Gasteiger partial charge is 0.231 e. The fourth-order valence-electron chi connectivity index (χ4n) is 2.70. The molecule has 0 fully saturated rings. The Morgan fingerprint density at radius 3 is 2.52 bits per heavy atom. The summed E-state index contributed by atoms with van der Waals surface area (Å²) >= 11 is 0. The molecule has 1 aliphatic heterocycles. The molecule has 0 saturated carbocycles. The Morgan fingerprint density at radius 2 is 1.70 bits per heavy atom. The van der Waals surface area contributed by atoms with E-state index < -0.39 is 0 Å². The summed E-state index contributed by atoms with van der Waals surface area (Å²) in [5, 5.41) is 14.0. The third kappa shape index (κ3) is 4.33. The van der Waals surface area contributed by atoms with E-state index in [2.05, 4.69) is 20.8 Å². The molecule has 136 valence electrons. The number of aryl methyl sites for hydroxylation is 1. The molecule has 2 heterocycles. The van der Waals surface area contributed by atoms with Gasteiger partial charge in [-0.25, -0.2) is 0 Å². The molecule has 0 unspecified atom stereocenters. The topological polar surface area (TPSA) is 85.4 Å². The number of hydrogen-bond acceptors (Lipinski definition) is 6. The number of nitrogens with one attached hydrogen (secondary N) is 2. The zero-order valence-electron chi connectivity index (χ0n) is 14.5. The average molecular weight is 362 g/mol. The number of benzene rings is 2. The summed E-state index contributed by atoms with van der Waals surface area (Å²) in [4.78, 5) is 12.0. The SMILES string of the molecule is O=C(CCc1ccccc1)Nc1ccc(Nc2ccc3c(c2)OCO3)nn1. The summed E-state index contributed by atoms with van der Waals surface area (Å²) < 4.78 is 10.6. The summed E-state index contributed by atoms with van der Waals surface area (Å²) in [7, 11) is 0. The lowest BCUT2D eigenvalue weighted by Crippen LogP contribution is -2.14. The second-order valence-corrected chi connectivity index (χ2v) is 6.03. The van der Waals surface area contributed by atoms with Crippen LogP contribution in [0.5, 0.6) is 11.5 Å². The molecule has 1 aromatic heterocycles. The van der Waals surface area contributed by atoms with Crippen molar-refractivity contribution in [2.24, 2.45) is 0 Å². The van der Waals surface area contributed by atoms with Crippen LogP contribution in [0.3, 0.4) is 0 Å². The zero-order valence-corrected chi connectivity index (χ0v) is 14.5. The number of carbonyl (C=O) groups excluding carboxylic acids is 1. The van der Waals surface area contributed by atoms with Gasteiger partial charge in [-0.05, 0) is 36.2 Å². The Balaban J connectivity index is 1.31. The van der Waals surface area contributed by atoms with Gasteiger partial charge in [0, 0.05) is 18.2 Å². The number of carbonyl (C=O) groups is 1. The van der Waals surface area contributed by atoms with Gasteiger partial charge in [-0.3, -0.25) is 4.79 Å². The van der Waals surface area contributed by atoms with Crippen molar-refractivity contribution >= 4 is 23.2 Å². The molecule has 3 aromatic rings. The first-order chi connectivity index (χ1) is 13.3. The Hall–Kier alpha value is -3.61. The minimum Gasteiger partial charge on any atom is -0.454 e. The van der Waals surface area contributed by atoms with E-state index in [0.29, 0.717) is 30.2 Å². The van der Waals surface area contributed by atoms with Crippen molar-refractivity contribution < 1.29 is 14.3 Å². The van der Waals surface area contributed by atoms with E-state index in [9.17, 15) is 4.79 Å². The Bertz CT molecular complexity index is 930. The summed E-state index contributed by atoms with van der Waals surface area (Å²) in [6, 6.07) is 18.9. The molecule has 0 spiro atoms. The van der Waals surface area contributed by atoms with Crippen molar-refractivity contribution in [3.63, 3.8) is 0 Å². The fourth-order valence-corrected chi connectivity index (χ4v) is 2.70. The van der Waals surface area contributed by atoms with Crippen LogP contribution in [0.25, 0.3) is 0 Å². The van der Waals surface area contributed by atoms with Crippen molar-refractivity contribution in [3.8, 4) is 11.5 Å². The maximum Gasteiger partial charge on any atom is 0.231 e. The second kappa shape index (κ2) is 7.74. The van der Waals surface area contributed by atoms with Gasteiger partial charge in [-0.1, -0.05) is 30.3 Å². The van der Waals surface area contributed by atoms with E-state index in [4.69, 9.17) is 9.47 Å². The third-order valence-electron chi connectivity index (χ3n) is 4.06. The number of ether oxygens (including phenoxy) is 2. The minimum atomic E-state index is -0.0929. The first-order valence-electron chi connectivity index (χ1n) is 8.60. The molecule has 4 rings (SSSR count). The molecule has 2 N–H and O–H groups in total. The van der Waals surface area contributed by atoms with Crippen LogP contribution in [0, 0.1) is 0 Å². The highest BCUT2D eigenvalue weighted by Crippen LogP contribution is 2.34. The molecule has 0 radical (unpaired) electrons. The van der Waals surface area contributed by atoms with Gasteiger partial charge < -0.3 is 20.1 Å². The second-order valence-electron chi connectivity index (χ2n) is 6.03. The van der Waals surface area contributed by atoms with Crippen molar-refractivity contribution in [1.82, 2.24) is 10.2 Å². The first-order valence-corrected chi connectivity index (χ1v) is 8.60. The molecule has 27 heavy (non-hydrogen) atoms. The number of rotatable bonds is 6. The maximum absolute atomic E-state index is 12.0. The molecular formula is C20H18N4O3. The first kappa shape index (κ1) is 16.8. The van der Waals surface area contributed by atoms with E-state index in [1.165, 1.54) is 0 Å². The molecule has 0 aliphatic carbocycles. The number of nitrogens with zero attached hydrogens (tertiary/aromatic N) is 2. The summed E-state index contributed by atoms with van der Waals surface area (Å²) in [6.45, 7) is 0.233. The van der Waals surface area contributed by atoms with Gasteiger partial charge in [0.25, 0.3) is 0 Å². The van der Waals surface area contributed by atoms with E-state index in [1.807, 2.05) is 48.5 Å². The third-order valence-corrected chi connectivity index (χ3v) is 4.06. The highest BCUT2D eigenvalue weighted by Gasteiger charge is 2.13. The number of aromatic nitrogens is 2. The summed E-state index contributed by atoms with van der Waals surface area (Å²) in [5.41, 5.74) is 1.94. The molecule has 0 saturated heterocycles. The summed E-state index contributed by atoms with van der Waals surface area (Å²) in [5.74, 6) is 2.31. The van der Waals surface area contributed by atoms with Crippen molar-refractivity contribution in [3.05, 3.63) is 66.2 Å². The molecule has 1 amide bonds. The molecule has 2 aromatic carbocycles. The van der Waals surface area contributed by atoms with Gasteiger partial charge >= 0.3 is 0 Å². The molecule has 0 bridgehead atoms. The van der Waals surface area contributed by atoms with Crippen LogP contribution < -0.4 is 20.1 Å². The Kier molecular flexibility index (Phi) is 4.82. The highest BCUT2D eigenvalue weighted by molar-refractivity contribution is 5.89. The predicted octanol–water partition coefficient (Wildman–Crippen LogP) is 3.52. The van der Waals surface area contributed by atoms with Crippen molar-refractivity contribution in [2.75, 3.05) is 17.4 Å². The Labute approximate surface area is 156 Å². The lowest BCUT2D eigenvalue weighted by Gasteiger charge is -2.07. The van der Waals surface area contributed by atoms with Crippen LogP contribution >= 0.6 is 0 Å². The van der Waals surface area contributed by atoms with E-state index in [-0.39, 0.29) is 12.7 Å². The molecule has 7 nitrogen and oxygen atoms in total. The highest BCUT2D eigenvalue weighted by atomic mass is 16.7. The monoisotopic (exact) mass is 362 g/mol. The number of anilines is 3. The lowest BCUT2D eigenvalue weighted by molar-refractivity contribution is -0.116. The van der Waals surface area contributed by atoms with Gasteiger partial charge in [0.1, 0.15) is 0 Å². The maximum atomic E-state index is 12.0. The van der Waals surface area contributed by atoms with Gasteiger partial charge in [0.15, 0.2) is 23.1 Å². The number of fused-ring (bicyclic) bond motifs is 1. The molecule has 0 atom stereocenters. The quantitative estimate of drug-likeness (QED) is 0.698. The lowest BCUT2D eigenvalue weighted by atomic mass is 10.1. The molecule has 7 heteroatoms. The standard InChI is InChI=1S/C20H18N4O3/c25-20(11-6-14-4-2-1-3-5-14)22-19-10-9-18(23-24-19)21-15-7-8-16-17(12-15)27-13-26-16/h1-5,7-10,12H,6,11,13H2,(H,21,23)(H,22,24,25). The van der Waals surface area contributed by atoms with E-state index in [1.54, 1.807) is 12.1 Å². The minimum absolute atomic E-state index is 0.0929. The van der Waals surface area contributed by atoms with Crippen molar-refractivity contribution in [2.45, 2.75) is 12.8 Å². The van der Waals surface area contributed by atoms with Gasteiger partial charge in [-0.2, -0.15) is 0 Å².